The number of fused-ring (bicyclic) bond motifs is 2. The predicted molar refractivity (Wildman–Crippen MR) is 146 cm³/mol. The first kappa shape index (κ1) is 22.3. The molecule has 1 aliphatic carbocycles. The van der Waals surface area contributed by atoms with E-state index < -0.39 is 0 Å². The third kappa shape index (κ3) is 3.98. The first-order valence-corrected chi connectivity index (χ1v) is 12.7. The van der Waals surface area contributed by atoms with Crippen LogP contribution in [0, 0.1) is 5.92 Å². The molecule has 6 aromatic heterocycles. The Morgan fingerprint density at radius 1 is 0.895 bits per heavy atom. The van der Waals surface area contributed by atoms with Gasteiger partial charge in [0.15, 0.2) is 0 Å². The highest BCUT2D eigenvalue weighted by atomic mass is 16.1. The monoisotopic (exact) mass is 500 g/mol. The molecule has 9 heteroatoms. The average Bonchev–Trinajstić information content (AvgIpc) is 3.73. The zero-order valence-electron chi connectivity index (χ0n) is 20.5. The summed E-state index contributed by atoms with van der Waals surface area (Å²) in [5, 5.41) is 3.97. The van der Waals surface area contributed by atoms with E-state index in [1.54, 1.807) is 24.8 Å². The van der Waals surface area contributed by atoms with Crippen LogP contribution in [-0.2, 0) is 4.79 Å². The molecular weight excluding hydrogens is 476 g/mol. The molecule has 1 amide bonds. The summed E-state index contributed by atoms with van der Waals surface area (Å²) in [6.07, 6.45) is 18.5. The Labute approximate surface area is 217 Å². The van der Waals surface area contributed by atoms with E-state index >= 15 is 0 Å². The van der Waals surface area contributed by atoms with E-state index in [2.05, 4.69) is 41.3 Å². The number of hydrogen-bond acceptors (Lipinski definition) is 6. The van der Waals surface area contributed by atoms with Gasteiger partial charge in [-0.25, -0.2) is 9.97 Å². The molecule has 1 fully saturated rings. The van der Waals surface area contributed by atoms with Gasteiger partial charge >= 0.3 is 0 Å². The van der Waals surface area contributed by atoms with Gasteiger partial charge < -0.3 is 15.3 Å². The minimum atomic E-state index is 0.0768. The topological polar surface area (TPSA) is 125 Å². The zero-order chi connectivity index (χ0) is 25.5. The van der Waals surface area contributed by atoms with E-state index in [0.717, 1.165) is 81.4 Å². The molecule has 0 aromatic carbocycles. The molecule has 186 valence electrons. The minimum Gasteiger partial charge on any atom is -0.345 e. The van der Waals surface area contributed by atoms with Gasteiger partial charge in [-0.05, 0) is 31.0 Å². The van der Waals surface area contributed by atoms with Crippen molar-refractivity contribution in [2.75, 3.05) is 5.32 Å². The number of carbonyl (C=O) groups is 1. The lowest BCUT2D eigenvalue weighted by Gasteiger charge is -2.11. The van der Waals surface area contributed by atoms with Gasteiger partial charge in [0.25, 0.3) is 0 Å². The van der Waals surface area contributed by atoms with Gasteiger partial charge in [-0.15, -0.1) is 0 Å². The number of amides is 1. The second-order valence-corrected chi connectivity index (χ2v) is 9.67. The highest BCUT2D eigenvalue weighted by molar-refractivity contribution is 5.98. The Hall–Kier alpha value is -4.92. The van der Waals surface area contributed by atoms with Crippen molar-refractivity contribution in [3.8, 4) is 33.6 Å². The molecule has 6 aromatic rings. The van der Waals surface area contributed by atoms with Crippen LogP contribution in [0.4, 0.5) is 5.69 Å². The zero-order valence-corrected chi connectivity index (χ0v) is 20.5. The Kier molecular flexibility index (Phi) is 5.39. The highest BCUT2D eigenvalue weighted by Gasteiger charge is 2.23. The maximum Gasteiger partial charge on any atom is 0.227 e. The van der Waals surface area contributed by atoms with Gasteiger partial charge in [0.05, 0.1) is 29.1 Å². The Bertz CT molecular complexity index is 1780. The summed E-state index contributed by atoms with van der Waals surface area (Å²) in [4.78, 5) is 41.9. The van der Waals surface area contributed by atoms with Crippen LogP contribution in [0.5, 0.6) is 0 Å². The second-order valence-electron chi connectivity index (χ2n) is 9.67. The molecule has 38 heavy (non-hydrogen) atoms. The summed E-state index contributed by atoms with van der Waals surface area (Å²) in [7, 11) is 0. The van der Waals surface area contributed by atoms with Gasteiger partial charge in [-0.2, -0.15) is 0 Å². The van der Waals surface area contributed by atoms with Gasteiger partial charge in [0.1, 0.15) is 11.5 Å². The van der Waals surface area contributed by atoms with Crippen molar-refractivity contribution in [2.24, 2.45) is 5.92 Å². The first-order valence-electron chi connectivity index (χ1n) is 12.7. The van der Waals surface area contributed by atoms with Crippen LogP contribution in [0.3, 0.4) is 0 Å². The number of rotatable bonds is 5. The summed E-state index contributed by atoms with van der Waals surface area (Å²) in [5.74, 6) is 0.892. The number of nitrogens with zero attached hydrogens (tertiary/aromatic N) is 5. The van der Waals surface area contributed by atoms with Crippen molar-refractivity contribution < 1.29 is 4.79 Å². The Morgan fingerprint density at radius 2 is 1.74 bits per heavy atom. The fourth-order valence-electron chi connectivity index (χ4n) is 5.25. The molecule has 9 nitrogen and oxygen atoms in total. The minimum absolute atomic E-state index is 0.0768. The molecule has 3 N–H and O–H groups in total. The lowest BCUT2D eigenvalue weighted by Crippen LogP contribution is -2.20. The van der Waals surface area contributed by atoms with Crippen molar-refractivity contribution in [3.05, 3.63) is 73.8 Å². The molecule has 6 heterocycles. The normalized spacial score (nSPS) is 13.9. The summed E-state index contributed by atoms with van der Waals surface area (Å²) >= 11 is 0. The number of pyridine rings is 4. The largest absolute Gasteiger partial charge is 0.345 e. The number of aromatic nitrogens is 7. The van der Waals surface area contributed by atoms with Crippen LogP contribution >= 0.6 is 0 Å². The van der Waals surface area contributed by atoms with Crippen LogP contribution in [0.15, 0.2) is 73.8 Å². The molecule has 0 saturated heterocycles. The Morgan fingerprint density at radius 3 is 2.61 bits per heavy atom. The van der Waals surface area contributed by atoms with Crippen LogP contribution < -0.4 is 5.32 Å². The Balaban J connectivity index is 1.25. The number of nitrogens with one attached hydrogen (secondary N) is 3. The van der Waals surface area contributed by atoms with Crippen LogP contribution in [0.2, 0.25) is 0 Å². The molecule has 0 atom stereocenters. The third-order valence-corrected chi connectivity index (χ3v) is 7.22. The summed E-state index contributed by atoms with van der Waals surface area (Å²) in [5.41, 5.74) is 7.68. The van der Waals surface area contributed by atoms with Gasteiger partial charge in [0.2, 0.25) is 5.91 Å². The molecule has 7 rings (SSSR count). The van der Waals surface area contributed by atoms with Crippen molar-refractivity contribution >= 4 is 33.7 Å². The predicted octanol–water partition coefficient (Wildman–Crippen LogP) is 5.75. The van der Waals surface area contributed by atoms with Crippen molar-refractivity contribution in [2.45, 2.75) is 25.7 Å². The van der Waals surface area contributed by atoms with E-state index in [1.165, 1.54) is 0 Å². The lowest BCUT2D eigenvalue weighted by molar-refractivity contribution is -0.119. The number of anilines is 1. The molecule has 1 saturated carbocycles. The fourth-order valence-corrected chi connectivity index (χ4v) is 5.25. The first-order chi connectivity index (χ1) is 18.7. The molecule has 0 radical (unpaired) electrons. The van der Waals surface area contributed by atoms with Crippen molar-refractivity contribution in [1.29, 1.82) is 0 Å². The number of aromatic amines is 2. The van der Waals surface area contributed by atoms with E-state index in [4.69, 9.17) is 4.98 Å². The maximum absolute atomic E-state index is 12.6. The molecule has 0 aliphatic heterocycles. The van der Waals surface area contributed by atoms with Gasteiger partial charge in [-0.1, -0.05) is 18.9 Å². The van der Waals surface area contributed by atoms with Gasteiger partial charge in [-0.3, -0.25) is 19.7 Å². The van der Waals surface area contributed by atoms with Crippen LogP contribution in [0.1, 0.15) is 25.7 Å². The summed E-state index contributed by atoms with van der Waals surface area (Å²) in [6, 6.07) is 7.92. The van der Waals surface area contributed by atoms with Crippen LogP contribution in [-0.4, -0.2) is 40.8 Å². The second kappa shape index (κ2) is 9.19. The van der Waals surface area contributed by atoms with Crippen LogP contribution in [0.25, 0.3) is 55.7 Å². The average molecular weight is 501 g/mol. The number of carbonyl (C=O) groups excluding carboxylic acids is 1. The molecule has 0 bridgehead atoms. The van der Waals surface area contributed by atoms with Gasteiger partial charge in [0, 0.05) is 76.3 Å². The SMILES string of the molecule is O=C(Nc1cncc(-c2cnc3[nH]cc(-c4nc5c(-c6cccnc6)cncc5[nH]4)c3c2)c1)C1CCCC1. The lowest BCUT2D eigenvalue weighted by atomic mass is 10.1. The number of H-pyrrole nitrogens is 2. The summed E-state index contributed by atoms with van der Waals surface area (Å²) < 4.78 is 0. The standard InChI is InChI=1S/C29H24N8O/c38-29(17-4-1-2-5-17)35-21-8-19(11-31-13-21)20-9-22-24(15-34-27(22)33-12-20)28-36-25-16-32-14-23(26(25)37-28)18-6-3-7-30-10-18/h3,6-17H,1-2,4-5H2,(H,33,34)(H,35,38)(H,36,37). The number of imidazole rings is 1. The quantitative estimate of drug-likeness (QED) is 0.277. The van der Waals surface area contributed by atoms with E-state index in [9.17, 15) is 4.79 Å². The van der Waals surface area contributed by atoms with E-state index in [0.29, 0.717) is 5.69 Å². The smallest absolute Gasteiger partial charge is 0.227 e. The van der Waals surface area contributed by atoms with Crippen molar-refractivity contribution in [1.82, 2.24) is 34.9 Å². The number of hydrogen-bond donors (Lipinski definition) is 3. The highest BCUT2D eigenvalue weighted by Crippen LogP contribution is 2.33. The van der Waals surface area contributed by atoms with Crippen molar-refractivity contribution in [3.63, 3.8) is 0 Å². The molecule has 1 aliphatic rings. The summed E-state index contributed by atoms with van der Waals surface area (Å²) in [6.45, 7) is 0. The fraction of sp³-hybridized carbons (Fsp3) is 0.172. The molecular formula is C29H24N8O. The maximum atomic E-state index is 12.6. The third-order valence-electron chi connectivity index (χ3n) is 7.22. The van der Waals surface area contributed by atoms with E-state index in [-0.39, 0.29) is 11.8 Å². The molecule has 0 spiro atoms. The van der Waals surface area contributed by atoms with E-state index in [1.807, 2.05) is 43.0 Å². The molecule has 0 unspecified atom stereocenters.